The van der Waals surface area contributed by atoms with Gasteiger partial charge in [0.1, 0.15) is 0 Å². The van der Waals surface area contributed by atoms with Gasteiger partial charge in [-0.15, -0.1) is 0 Å². The lowest BCUT2D eigenvalue weighted by molar-refractivity contribution is 0.0697. The molecule has 2 aromatic carbocycles. The molecular weight excluding hydrogens is 224 g/mol. The summed E-state index contributed by atoms with van der Waals surface area (Å²) in [5.41, 5.74) is 4.97. The molecule has 0 bridgehead atoms. The highest BCUT2D eigenvalue weighted by atomic mass is 16.4. The molecule has 2 aromatic rings. The molecule has 0 radical (unpaired) electrons. The highest BCUT2D eigenvalue weighted by Gasteiger charge is 2.17. The molecule has 3 rings (SSSR count). The van der Waals surface area contributed by atoms with Crippen molar-refractivity contribution in [1.29, 1.82) is 0 Å². The van der Waals surface area contributed by atoms with Crippen molar-refractivity contribution in [3.63, 3.8) is 0 Å². The lowest BCUT2D eigenvalue weighted by Gasteiger charge is -2.06. The Balaban J connectivity index is 2.04. The quantitative estimate of drug-likeness (QED) is 0.868. The summed E-state index contributed by atoms with van der Waals surface area (Å²) in [5, 5.41) is 8.98. The Kier molecular flexibility index (Phi) is 2.49. The van der Waals surface area contributed by atoms with Gasteiger partial charge in [-0.1, -0.05) is 42.5 Å². The summed E-state index contributed by atoms with van der Waals surface area (Å²) in [4.78, 5) is 10.9. The van der Waals surface area contributed by atoms with Crippen molar-refractivity contribution in [1.82, 2.24) is 0 Å². The van der Waals surface area contributed by atoms with E-state index in [0.717, 1.165) is 17.5 Å². The molecule has 0 saturated heterocycles. The Hall–Kier alpha value is -2.35. The average molecular weight is 236 g/mol. The van der Waals surface area contributed by atoms with Gasteiger partial charge in [-0.3, -0.25) is 0 Å². The second-order valence-electron chi connectivity index (χ2n) is 4.37. The van der Waals surface area contributed by atoms with Gasteiger partial charge < -0.3 is 5.11 Å². The molecule has 0 saturated carbocycles. The van der Waals surface area contributed by atoms with Gasteiger partial charge in [0.15, 0.2) is 0 Å². The molecule has 0 atom stereocenters. The van der Waals surface area contributed by atoms with Crippen molar-refractivity contribution in [2.24, 2.45) is 0 Å². The van der Waals surface area contributed by atoms with Gasteiger partial charge in [0, 0.05) is 0 Å². The highest BCUT2D eigenvalue weighted by molar-refractivity contribution is 5.91. The van der Waals surface area contributed by atoms with E-state index >= 15 is 0 Å². The normalized spacial score (nSPS) is 13.0. The smallest absolute Gasteiger partial charge is 0.335 e. The Bertz CT molecular complexity index is 639. The summed E-state index contributed by atoms with van der Waals surface area (Å²) >= 11 is 0. The van der Waals surface area contributed by atoms with Crippen molar-refractivity contribution in [3.8, 4) is 0 Å². The minimum atomic E-state index is -0.869. The molecule has 2 heteroatoms. The average Bonchev–Trinajstić information content (AvgIpc) is 2.82. The monoisotopic (exact) mass is 236 g/mol. The third kappa shape index (κ3) is 1.72. The third-order valence-electron chi connectivity index (χ3n) is 3.25. The molecule has 0 unspecified atom stereocenters. The molecule has 88 valence electrons. The topological polar surface area (TPSA) is 37.3 Å². The highest BCUT2D eigenvalue weighted by Crippen LogP contribution is 2.33. The number of fused-ring (bicyclic) bond motifs is 1. The van der Waals surface area contributed by atoms with Crippen molar-refractivity contribution >= 4 is 11.5 Å². The van der Waals surface area contributed by atoms with Crippen molar-refractivity contribution in [2.45, 2.75) is 6.42 Å². The minimum Gasteiger partial charge on any atom is -0.478 e. The summed E-state index contributed by atoms with van der Waals surface area (Å²) in [6.45, 7) is 0. The molecule has 1 aliphatic rings. The predicted octanol–water partition coefficient (Wildman–Crippen LogP) is 3.37. The second-order valence-corrected chi connectivity index (χ2v) is 4.37. The van der Waals surface area contributed by atoms with Crippen LogP contribution < -0.4 is 0 Å². The van der Waals surface area contributed by atoms with Crippen molar-refractivity contribution in [3.05, 3.63) is 76.9 Å². The maximum atomic E-state index is 10.9. The molecule has 2 nitrogen and oxygen atoms in total. The number of hydrogen-bond acceptors (Lipinski definition) is 1. The zero-order valence-corrected chi connectivity index (χ0v) is 9.76. The molecule has 0 aromatic heterocycles. The standard InChI is InChI=1S/C16H12O2/c17-16(18)13-7-9-15-12(10-13)6-8-14(15)11-4-2-1-3-5-11/h1-5,7-10H,6H2,(H,17,18). The molecule has 1 N–H and O–H groups in total. The van der Waals surface area contributed by atoms with E-state index in [4.69, 9.17) is 5.11 Å². The summed E-state index contributed by atoms with van der Waals surface area (Å²) in [6.07, 6.45) is 2.96. The molecule has 0 amide bonds. The van der Waals surface area contributed by atoms with Gasteiger partial charge in [-0.2, -0.15) is 0 Å². The summed E-state index contributed by atoms with van der Waals surface area (Å²) in [6, 6.07) is 15.5. The van der Waals surface area contributed by atoms with Gasteiger partial charge in [0.05, 0.1) is 5.56 Å². The van der Waals surface area contributed by atoms with E-state index in [1.54, 1.807) is 12.1 Å². The van der Waals surface area contributed by atoms with E-state index in [1.807, 2.05) is 24.3 Å². The van der Waals surface area contributed by atoms with E-state index in [2.05, 4.69) is 18.2 Å². The molecule has 0 spiro atoms. The van der Waals surface area contributed by atoms with Crippen LogP contribution in [0.1, 0.15) is 27.0 Å². The van der Waals surface area contributed by atoms with Gasteiger partial charge >= 0.3 is 5.97 Å². The van der Waals surface area contributed by atoms with Gasteiger partial charge in [0.2, 0.25) is 0 Å². The SMILES string of the molecule is O=C(O)c1ccc2c(c1)CC=C2c1ccccc1. The first kappa shape index (κ1) is 10.8. The minimum absolute atomic E-state index is 0.358. The van der Waals surface area contributed by atoms with Crippen LogP contribution in [0, 0.1) is 0 Å². The zero-order valence-electron chi connectivity index (χ0n) is 9.76. The number of aromatic carboxylic acids is 1. The van der Waals surface area contributed by atoms with Crippen LogP contribution in [0.15, 0.2) is 54.6 Å². The number of benzene rings is 2. The van der Waals surface area contributed by atoms with Crippen LogP contribution in [0.2, 0.25) is 0 Å². The Labute approximate surface area is 105 Å². The predicted molar refractivity (Wildman–Crippen MR) is 70.6 cm³/mol. The summed E-state index contributed by atoms with van der Waals surface area (Å²) in [5.74, 6) is -0.869. The Morgan fingerprint density at radius 3 is 2.56 bits per heavy atom. The number of carboxylic acid groups (broad SMARTS) is 1. The van der Waals surface area contributed by atoms with Crippen LogP contribution in [0.25, 0.3) is 5.57 Å². The lowest BCUT2D eigenvalue weighted by Crippen LogP contribution is -1.98. The van der Waals surface area contributed by atoms with Crippen LogP contribution in [-0.2, 0) is 6.42 Å². The first-order chi connectivity index (χ1) is 8.75. The maximum absolute atomic E-state index is 10.9. The first-order valence-electron chi connectivity index (χ1n) is 5.88. The lowest BCUT2D eigenvalue weighted by atomic mass is 9.98. The number of carbonyl (C=O) groups is 1. The molecule has 0 fully saturated rings. The summed E-state index contributed by atoms with van der Waals surface area (Å²) in [7, 11) is 0. The van der Waals surface area contributed by atoms with Gasteiger partial charge in [0.25, 0.3) is 0 Å². The number of rotatable bonds is 2. The number of hydrogen-bond donors (Lipinski definition) is 1. The van der Waals surface area contributed by atoms with E-state index in [1.165, 1.54) is 11.1 Å². The third-order valence-corrected chi connectivity index (χ3v) is 3.25. The molecular formula is C16H12O2. The second kappa shape index (κ2) is 4.15. The van der Waals surface area contributed by atoms with Crippen LogP contribution in [-0.4, -0.2) is 11.1 Å². The fraction of sp³-hybridized carbons (Fsp3) is 0.0625. The Morgan fingerprint density at radius 1 is 1.06 bits per heavy atom. The fourth-order valence-electron chi connectivity index (χ4n) is 2.37. The molecule has 18 heavy (non-hydrogen) atoms. The fourth-order valence-corrected chi connectivity index (χ4v) is 2.37. The zero-order chi connectivity index (χ0) is 12.5. The van der Waals surface area contributed by atoms with E-state index in [0.29, 0.717) is 5.56 Å². The van der Waals surface area contributed by atoms with Crippen LogP contribution in [0.4, 0.5) is 0 Å². The van der Waals surface area contributed by atoms with E-state index in [-0.39, 0.29) is 0 Å². The van der Waals surface area contributed by atoms with Crippen LogP contribution >= 0.6 is 0 Å². The van der Waals surface area contributed by atoms with Crippen LogP contribution in [0.5, 0.6) is 0 Å². The maximum Gasteiger partial charge on any atom is 0.335 e. The van der Waals surface area contributed by atoms with Crippen molar-refractivity contribution < 1.29 is 9.90 Å². The molecule has 0 aliphatic heterocycles. The molecule has 0 heterocycles. The van der Waals surface area contributed by atoms with E-state index in [9.17, 15) is 4.79 Å². The van der Waals surface area contributed by atoms with Crippen LogP contribution in [0.3, 0.4) is 0 Å². The largest absolute Gasteiger partial charge is 0.478 e. The van der Waals surface area contributed by atoms with Crippen molar-refractivity contribution in [2.75, 3.05) is 0 Å². The first-order valence-corrected chi connectivity index (χ1v) is 5.88. The molecule has 1 aliphatic carbocycles. The van der Waals surface area contributed by atoms with Gasteiger partial charge in [-0.05, 0) is 40.8 Å². The number of allylic oxidation sites excluding steroid dienone is 1. The van der Waals surface area contributed by atoms with Gasteiger partial charge in [-0.25, -0.2) is 4.79 Å². The summed E-state index contributed by atoms with van der Waals surface area (Å²) < 4.78 is 0. The van der Waals surface area contributed by atoms with E-state index < -0.39 is 5.97 Å². The number of carboxylic acids is 1. The Morgan fingerprint density at radius 2 is 1.83 bits per heavy atom.